The molecule has 1 saturated carbocycles. The lowest BCUT2D eigenvalue weighted by atomic mass is 10.1. The van der Waals surface area contributed by atoms with Crippen LogP contribution in [0.2, 0.25) is 22.2 Å². The van der Waals surface area contributed by atoms with Gasteiger partial charge in [-0.2, -0.15) is 10.2 Å². The van der Waals surface area contributed by atoms with E-state index < -0.39 is 91.4 Å². The maximum absolute atomic E-state index is 14.4. The molecule has 0 aromatic carbocycles. The van der Waals surface area contributed by atoms with Gasteiger partial charge in [0, 0.05) is 36.7 Å². The molecule has 5 heterocycles. The largest absolute Gasteiger partial charge is 0.474 e. The van der Waals surface area contributed by atoms with Crippen molar-refractivity contribution in [3.05, 3.63) is 41.2 Å². The lowest BCUT2D eigenvalue weighted by Crippen LogP contribution is -2.62. The van der Waals surface area contributed by atoms with Gasteiger partial charge in [0.25, 0.3) is 5.56 Å². The number of ether oxygens (including phenoxy) is 2. The molecule has 366 valence electrons. The molecule has 3 N–H and O–H groups in total. The van der Waals surface area contributed by atoms with Gasteiger partial charge in [-0.3, -0.25) is 33.5 Å². The molecule has 20 nitrogen and oxygen atoms in total. The fraction of sp³-hybridized carbons (Fsp3) is 0.700. The van der Waals surface area contributed by atoms with Crippen molar-refractivity contribution in [1.82, 2.24) is 24.5 Å². The quantitative estimate of drug-likeness (QED) is 0.0462. The molecule has 0 spiro atoms. The topological polar surface area (TPSA) is 250 Å². The standard InChI is InChI=1S/C40H63N7O13P2S2Si2/c1-23(2)37(48)45-40-44-36-30(38(49)46-40)13-16-47(36)39-35-34(59-66(26(7)8,27(9)10)60-65(51,24(3)4)25(5)6)32(56-39)21-53-61(50,63)57-31-19-29(55-33-12-15-42-22-43-33)18-28(31)20-54-62(64,58-35)52-17-11-14-41/h12-13,15-16,22-29,31-32,34-35,39,51H,11,17-21H2,1-10H3,(H,50,63)(H2,44,45,46,48,49)/t28-,29-,31+,32-,34-,35-,39-,61+,62-/m1/s1. The van der Waals surface area contributed by atoms with Gasteiger partial charge in [0.1, 0.15) is 30.7 Å². The molecule has 3 aromatic rings. The van der Waals surface area contributed by atoms with Crippen LogP contribution in [0.3, 0.4) is 0 Å². The van der Waals surface area contributed by atoms with E-state index in [2.05, 4.69) is 43.6 Å². The van der Waals surface area contributed by atoms with Crippen LogP contribution in [-0.4, -0.2) is 103 Å². The number of nitrogens with zero attached hydrogens (tertiary/aromatic N) is 5. The first-order chi connectivity index (χ1) is 31.0. The minimum Gasteiger partial charge on any atom is -0.474 e. The second-order valence-corrected chi connectivity index (χ2v) is 32.8. The highest BCUT2D eigenvalue weighted by Gasteiger charge is 2.60. The van der Waals surface area contributed by atoms with Gasteiger partial charge in [-0.15, -0.1) is 0 Å². The zero-order valence-electron chi connectivity index (χ0n) is 38.9. The number of hydrogen-bond acceptors (Lipinski definition) is 18. The molecule has 3 aromatic heterocycles. The number of carbonyl (C=O) groups is 1. The number of aromatic amines is 1. The number of anilines is 1. The minimum absolute atomic E-state index is 0.0447. The molecule has 1 amide bonds. The van der Waals surface area contributed by atoms with Crippen LogP contribution in [0.5, 0.6) is 5.88 Å². The molecule has 66 heavy (non-hydrogen) atoms. The van der Waals surface area contributed by atoms with E-state index in [0.29, 0.717) is 12.3 Å². The first-order valence-electron chi connectivity index (χ1n) is 22.2. The Balaban J connectivity index is 1.51. The lowest BCUT2D eigenvalue weighted by molar-refractivity contribution is -0.118. The van der Waals surface area contributed by atoms with Gasteiger partial charge in [0.15, 0.2) is 11.9 Å². The Morgan fingerprint density at radius 3 is 2.39 bits per heavy atom. The highest BCUT2D eigenvalue weighted by atomic mass is 32.7. The maximum atomic E-state index is 14.4. The second kappa shape index (κ2) is 21.7. The van der Waals surface area contributed by atoms with Gasteiger partial charge in [0.2, 0.25) is 17.7 Å². The van der Waals surface area contributed by atoms with Gasteiger partial charge in [0.05, 0.1) is 43.8 Å². The van der Waals surface area contributed by atoms with Gasteiger partial charge < -0.3 is 36.4 Å². The summed E-state index contributed by atoms with van der Waals surface area (Å²) in [4.78, 5) is 54.2. The molecule has 2 bridgehead atoms. The van der Waals surface area contributed by atoms with Crippen molar-refractivity contribution in [3.63, 3.8) is 0 Å². The predicted octanol–water partition coefficient (Wildman–Crippen LogP) is 7.79. The Labute approximate surface area is 397 Å². The average Bonchev–Trinajstić information content (AvgIpc) is 3.93. The summed E-state index contributed by atoms with van der Waals surface area (Å²) in [5.74, 6) is -1.05. The minimum atomic E-state index is -4.21. The van der Waals surface area contributed by atoms with E-state index in [0.717, 1.165) is 0 Å². The molecule has 0 unspecified atom stereocenters. The number of fused-ring (bicyclic) bond motifs is 4. The highest BCUT2D eigenvalue weighted by molar-refractivity contribution is 8.44. The Morgan fingerprint density at radius 2 is 1.77 bits per heavy atom. The number of thiol groups is 1. The van der Waals surface area contributed by atoms with Gasteiger partial charge >= 0.3 is 30.6 Å². The van der Waals surface area contributed by atoms with E-state index in [-0.39, 0.29) is 71.1 Å². The summed E-state index contributed by atoms with van der Waals surface area (Å²) in [7, 11) is -7.19. The third-order valence-corrected chi connectivity index (χ3v) is 25.8. The van der Waals surface area contributed by atoms with Crippen LogP contribution in [0.25, 0.3) is 11.0 Å². The Bertz CT molecular complexity index is 2340. The zero-order valence-corrected chi connectivity index (χ0v) is 44.4. The number of aromatic nitrogens is 5. The number of rotatable bonds is 16. The van der Waals surface area contributed by atoms with Crippen LogP contribution >= 0.6 is 25.8 Å². The van der Waals surface area contributed by atoms with Crippen molar-refractivity contribution in [1.29, 1.82) is 5.26 Å². The fourth-order valence-corrected chi connectivity index (χ4v) is 22.0. The van der Waals surface area contributed by atoms with Crippen LogP contribution in [0.15, 0.2) is 35.6 Å². The summed E-state index contributed by atoms with van der Waals surface area (Å²) >= 11 is 10.7. The summed E-state index contributed by atoms with van der Waals surface area (Å²) in [6.45, 7) is 10.2. The molecule has 6 rings (SSSR count). The first kappa shape index (κ1) is 52.9. The van der Waals surface area contributed by atoms with Gasteiger partial charge in [-0.1, -0.05) is 81.5 Å². The number of nitrogens with one attached hydrogen (secondary N) is 2. The highest BCUT2D eigenvalue weighted by Crippen LogP contribution is 2.60. The molecule has 2 saturated heterocycles. The van der Waals surface area contributed by atoms with Crippen LogP contribution < -0.4 is 15.6 Å². The van der Waals surface area contributed by atoms with Gasteiger partial charge in [-0.25, -0.2) is 14.5 Å². The third kappa shape index (κ3) is 11.9. The summed E-state index contributed by atoms with van der Waals surface area (Å²) in [6.07, 6.45) is -0.945. The summed E-state index contributed by atoms with van der Waals surface area (Å²) in [5.41, 5.74) is -1.41. The number of nitriles is 1. The van der Waals surface area contributed by atoms with Crippen LogP contribution in [0.1, 0.15) is 94.7 Å². The van der Waals surface area contributed by atoms with Crippen LogP contribution in [0, 0.1) is 23.2 Å². The molecule has 1 aliphatic carbocycles. The van der Waals surface area contributed by atoms with Crippen molar-refractivity contribution < 1.29 is 54.8 Å². The molecule has 9 atom stereocenters. The van der Waals surface area contributed by atoms with Crippen molar-refractivity contribution in [2.75, 3.05) is 25.1 Å². The summed E-state index contributed by atoms with van der Waals surface area (Å²) < 4.78 is 75.7. The molecular formula is C40H63N7O13P2S2Si2. The number of hydrogen-bond donors (Lipinski definition) is 4. The average molecular weight is 1030 g/mol. The third-order valence-electron chi connectivity index (χ3n) is 12.1. The Hall–Kier alpha value is -2.44. The second-order valence-electron chi connectivity index (χ2n) is 18.3. The van der Waals surface area contributed by atoms with E-state index in [9.17, 15) is 24.2 Å². The summed E-state index contributed by atoms with van der Waals surface area (Å²) in [5, 5.41) is 12.4. The predicted molar refractivity (Wildman–Crippen MR) is 256 cm³/mol. The smallest absolute Gasteiger partial charge is 0.386 e. The summed E-state index contributed by atoms with van der Waals surface area (Å²) in [6, 6.07) is 5.24. The normalized spacial score (nSPS) is 28.9. The molecule has 2 aliphatic heterocycles. The van der Waals surface area contributed by atoms with Crippen molar-refractivity contribution in [2.45, 2.75) is 147 Å². The monoisotopic (exact) mass is 1030 g/mol. The molecular weight excluding hydrogens is 969 g/mol. The number of amides is 1. The first-order valence-corrected chi connectivity index (χ1v) is 31.4. The molecule has 3 aliphatic rings. The van der Waals surface area contributed by atoms with E-state index in [1.54, 1.807) is 42.9 Å². The Morgan fingerprint density at radius 1 is 1.06 bits per heavy atom. The maximum Gasteiger partial charge on any atom is 0.386 e. The van der Waals surface area contributed by atoms with Crippen LogP contribution in [-0.2, 0) is 57.1 Å². The van der Waals surface area contributed by atoms with E-state index in [1.165, 1.54) is 6.33 Å². The van der Waals surface area contributed by atoms with Crippen LogP contribution in [0.4, 0.5) is 5.95 Å². The molecule has 3 fully saturated rings. The SMILES string of the molecule is CC(C)C(=O)Nc1nc2c(ccn2[C@@H]2O[C@@H]3CO[P@](=O)(S)O[C@H]4C[C@H](Oc5ccncn5)C[C@@H]4CO[P@](=S)(OCCC#N)O[C@@H]2[C@@H]3O[Si](O[Si](O)(C(C)C)C(C)C)(C(C)C)C(C)C)c(=O)[nH]1. The van der Waals surface area contributed by atoms with E-state index in [4.69, 9.17) is 52.4 Å². The van der Waals surface area contributed by atoms with Crippen molar-refractivity contribution in [3.8, 4) is 11.9 Å². The van der Waals surface area contributed by atoms with E-state index >= 15 is 0 Å². The van der Waals surface area contributed by atoms with Gasteiger partial charge in [-0.05, 0) is 46.5 Å². The lowest BCUT2D eigenvalue weighted by Gasteiger charge is -2.47. The number of carbonyl (C=O) groups excluding carboxylic acids is 1. The van der Waals surface area contributed by atoms with Crippen molar-refractivity contribution >= 4 is 77.6 Å². The zero-order chi connectivity index (χ0) is 48.4. The van der Waals surface area contributed by atoms with E-state index in [1.807, 2.05) is 55.4 Å². The molecule has 0 radical (unpaired) electrons. The number of H-pyrrole nitrogens is 1. The van der Waals surface area contributed by atoms with Crippen molar-refractivity contribution in [2.24, 2.45) is 11.8 Å². The Kier molecular flexibility index (Phi) is 17.4. The molecule has 26 heteroatoms. The fourth-order valence-electron chi connectivity index (χ4n) is 8.42.